The number of hydrogen-bond donors (Lipinski definition) is 2. The molecule has 1 aromatic carbocycles. The van der Waals surface area contributed by atoms with Crippen LogP contribution >= 0.6 is 0 Å². The maximum Gasteiger partial charge on any atom is 0.220 e. The lowest BCUT2D eigenvalue weighted by atomic mass is 9.97. The number of ether oxygens (including phenoxy) is 1. The van der Waals surface area contributed by atoms with E-state index in [2.05, 4.69) is 23.8 Å². The molecule has 0 saturated carbocycles. The maximum absolute atomic E-state index is 12.3. The molecule has 0 bridgehead atoms. The predicted molar refractivity (Wildman–Crippen MR) is 93.7 cm³/mol. The number of ketones is 1. The van der Waals surface area contributed by atoms with Crippen molar-refractivity contribution >= 4 is 11.7 Å². The van der Waals surface area contributed by atoms with Gasteiger partial charge in [0.1, 0.15) is 5.76 Å². The topological polar surface area (TPSA) is 67.4 Å². The first-order valence-electron chi connectivity index (χ1n) is 8.18. The number of benzene rings is 1. The Bertz CT molecular complexity index is 637. The van der Waals surface area contributed by atoms with Gasteiger partial charge in [-0.15, -0.1) is 0 Å². The van der Waals surface area contributed by atoms with Crippen LogP contribution in [0.2, 0.25) is 0 Å². The second-order valence-corrected chi connectivity index (χ2v) is 5.76. The molecule has 5 nitrogen and oxygen atoms in total. The molecule has 0 atom stereocenters. The SMILES string of the molecule is C=COC(=C)CNC(=O)CCC(=O)c1ccc2c(c1)CCNCC2. The van der Waals surface area contributed by atoms with Crippen LogP contribution in [0.25, 0.3) is 0 Å². The summed E-state index contributed by atoms with van der Waals surface area (Å²) in [6.45, 7) is 9.16. The zero-order valence-electron chi connectivity index (χ0n) is 13.9. The van der Waals surface area contributed by atoms with Crippen LogP contribution in [0.1, 0.15) is 34.3 Å². The van der Waals surface area contributed by atoms with E-state index in [1.54, 1.807) is 0 Å². The van der Waals surface area contributed by atoms with Gasteiger partial charge < -0.3 is 15.4 Å². The molecule has 0 spiro atoms. The summed E-state index contributed by atoms with van der Waals surface area (Å²) in [4.78, 5) is 24.1. The Kier molecular flexibility index (Phi) is 6.75. The quantitative estimate of drug-likeness (QED) is 0.567. The smallest absolute Gasteiger partial charge is 0.220 e. The number of carbonyl (C=O) groups excluding carboxylic acids is 2. The summed E-state index contributed by atoms with van der Waals surface area (Å²) in [6, 6.07) is 5.87. The number of carbonyl (C=O) groups is 2. The summed E-state index contributed by atoms with van der Waals surface area (Å²) in [5.41, 5.74) is 3.21. The van der Waals surface area contributed by atoms with Gasteiger partial charge in [-0.2, -0.15) is 0 Å². The van der Waals surface area contributed by atoms with Crippen molar-refractivity contribution in [3.05, 3.63) is 60.1 Å². The maximum atomic E-state index is 12.3. The molecule has 2 rings (SSSR count). The Labute approximate surface area is 142 Å². The van der Waals surface area contributed by atoms with Crippen molar-refractivity contribution < 1.29 is 14.3 Å². The molecular formula is C19H24N2O3. The van der Waals surface area contributed by atoms with Gasteiger partial charge in [0.15, 0.2) is 5.78 Å². The molecule has 5 heteroatoms. The molecule has 1 heterocycles. The van der Waals surface area contributed by atoms with Gasteiger partial charge in [-0.3, -0.25) is 9.59 Å². The lowest BCUT2D eigenvalue weighted by Gasteiger charge is -2.09. The van der Waals surface area contributed by atoms with Crippen LogP contribution in [0.5, 0.6) is 0 Å². The minimum Gasteiger partial charge on any atom is -0.469 e. The van der Waals surface area contributed by atoms with Crippen LogP contribution in [0.15, 0.2) is 43.4 Å². The number of Topliss-reactive ketones (excluding diaryl/α,β-unsaturated/α-hetero) is 1. The fraction of sp³-hybridized carbons (Fsp3) is 0.368. The van der Waals surface area contributed by atoms with Gasteiger partial charge in [-0.05, 0) is 43.1 Å². The number of fused-ring (bicyclic) bond motifs is 1. The summed E-state index contributed by atoms with van der Waals surface area (Å²) in [6.07, 6.45) is 3.52. The van der Waals surface area contributed by atoms with Crippen molar-refractivity contribution in [2.45, 2.75) is 25.7 Å². The van der Waals surface area contributed by atoms with Crippen molar-refractivity contribution in [2.24, 2.45) is 0 Å². The Hall–Kier alpha value is -2.40. The molecule has 0 unspecified atom stereocenters. The van der Waals surface area contributed by atoms with Gasteiger partial charge in [0.05, 0.1) is 12.8 Å². The molecule has 0 aromatic heterocycles. The molecule has 1 aromatic rings. The molecule has 2 N–H and O–H groups in total. The van der Waals surface area contributed by atoms with Gasteiger partial charge in [0, 0.05) is 18.4 Å². The average molecular weight is 328 g/mol. The third kappa shape index (κ3) is 5.35. The normalized spacial score (nSPS) is 13.3. The van der Waals surface area contributed by atoms with Crippen LogP contribution in [-0.2, 0) is 22.4 Å². The molecule has 1 aliphatic heterocycles. The molecule has 0 aliphatic carbocycles. The van der Waals surface area contributed by atoms with Gasteiger partial charge >= 0.3 is 0 Å². The van der Waals surface area contributed by atoms with E-state index in [1.807, 2.05) is 18.2 Å². The number of hydrogen-bond acceptors (Lipinski definition) is 4. The van der Waals surface area contributed by atoms with Crippen molar-refractivity contribution in [3.63, 3.8) is 0 Å². The molecule has 128 valence electrons. The fourth-order valence-electron chi connectivity index (χ4n) is 2.66. The summed E-state index contributed by atoms with van der Waals surface area (Å²) >= 11 is 0. The highest BCUT2D eigenvalue weighted by Crippen LogP contribution is 2.17. The summed E-state index contributed by atoms with van der Waals surface area (Å²) in [7, 11) is 0. The van der Waals surface area contributed by atoms with Crippen molar-refractivity contribution in [2.75, 3.05) is 19.6 Å². The first kappa shape index (κ1) is 17.9. The minimum atomic E-state index is -0.198. The first-order valence-corrected chi connectivity index (χ1v) is 8.18. The van der Waals surface area contributed by atoms with Gasteiger partial charge in [0.25, 0.3) is 0 Å². The highest BCUT2D eigenvalue weighted by Gasteiger charge is 2.13. The Morgan fingerprint density at radius 2 is 1.96 bits per heavy atom. The van der Waals surface area contributed by atoms with E-state index in [9.17, 15) is 9.59 Å². The standard InChI is InChI=1S/C19H24N2O3/c1-3-24-14(2)13-21-19(23)7-6-18(22)17-5-4-15-8-10-20-11-9-16(15)12-17/h3-5,12,20H,1-2,6-11,13H2,(H,21,23). The van der Waals surface area contributed by atoms with E-state index >= 15 is 0 Å². The first-order chi connectivity index (χ1) is 11.6. The van der Waals surface area contributed by atoms with E-state index in [1.165, 1.54) is 17.4 Å². The Morgan fingerprint density at radius 3 is 2.71 bits per heavy atom. The third-order valence-corrected chi connectivity index (χ3v) is 3.98. The van der Waals surface area contributed by atoms with Crippen LogP contribution < -0.4 is 10.6 Å². The van der Waals surface area contributed by atoms with Crippen molar-refractivity contribution in [1.82, 2.24) is 10.6 Å². The lowest BCUT2D eigenvalue weighted by molar-refractivity contribution is -0.121. The molecular weight excluding hydrogens is 304 g/mol. The average Bonchev–Trinajstić information content (AvgIpc) is 2.82. The van der Waals surface area contributed by atoms with Crippen LogP contribution in [-0.4, -0.2) is 31.3 Å². The highest BCUT2D eigenvalue weighted by molar-refractivity contribution is 5.98. The Morgan fingerprint density at radius 1 is 1.21 bits per heavy atom. The molecule has 1 aliphatic rings. The van der Waals surface area contributed by atoms with Gasteiger partial charge in [-0.1, -0.05) is 25.3 Å². The third-order valence-electron chi connectivity index (χ3n) is 3.98. The lowest BCUT2D eigenvalue weighted by Crippen LogP contribution is -2.26. The molecule has 24 heavy (non-hydrogen) atoms. The predicted octanol–water partition coefficient (Wildman–Crippen LogP) is 2.13. The van der Waals surface area contributed by atoms with E-state index in [0.29, 0.717) is 11.3 Å². The second kappa shape index (κ2) is 9.03. The summed E-state index contributed by atoms with van der Waals surface area (Å²) in [5, 5.41) is 6.01. The Balaban J connectivity index is 1.84. The number of nitrogens with one attached hydrogen (secondary N) is 2. The minimum absolute atomic E-state index is 0.00803. The van der Waals surface area contributed by atoms with Crippen molar-refractivity contribution in [1.29, 1.82) is 0 Å². The van der Waals surface area contributed by atoms with E-state index in [-0.39, 0.29) is 31.1 Å². The second-order valence-electron chi connectivity index (χ2n) is 5.76. The summed E-state index contributed by atoms with van der Waals surface area (Å²) < 4.78 is 4.93. The van der Waals surface area contributed by atoms with Crippen LogP contribution in [0.3, 0.4) is 0 Å². The van der Waals surface area contributed by atoms with E-state index in [4.69, 9.17) is 4.74 Å². The van der Waals surface area contributed by atoms with E-state index in [0.717, 1.165) is 25.9 Å². The largest absolute Gasteiger partial charge is 0.469 e. The zero-order chi connectivity index (χ0) is 17.4. The molecule has 0 fully saturated rings. The van der Waals surface area contributed by atoms with Gasteiger partial charge in [-0.25, -0.2) is 0 Å². The van der Waals surface area contributed by atoms with Crippen LogP contribution in [0, 0.1) is 0 Å². The monoisotopic (exact) mass is 328 g/mol. The number of rotatable bonds is 8. The van der Waals surface area contributed by atoms with Crippen LogP contribution in [0.4, 0.5) is 0 Å². The molecule has 0 saturated heterocycles. The highest BCUT2D eigenvalue weighted by atomic mass is 16.5. The zero-order valence-corrected chi connectivity index (χ0v) is 13.9. The van der Waals surface area contributed by atoms with Crippen molar-refractivity contribution in [3.8, 4) is 0 Å². The van der Waals surface area contributed by atoms with Gasteiger partial charge in [0.2, 0.25) is 5.91 Å². The van der Waals surface area contributed by atoms with E-state index < -0.39 is 0 Å². The molecule has 0 radical (unpaired) electrons. The fourth-order valence-corrected chi connectivity index (χ4v) is 2.66. The molecule has 1 amide bonds. The number of amides is 1. The summed E-state index contributed by atoms with van der Waals surface area (Å²) in [5.74, 6) is 0.200.